The van der Waals surface area contributed by atoms with Crippen LogP contribution in [0.4, 0.5) is 8.78 Å². The maximum absolute atomic E-state index is 13.6. The fourth-order valence-corrected chi connectivity index (χ4v) is 3.36. The van der Waals surface area contributed by atoms with E-state index in [1.807, 2.05) is 0 Å². The lowest BCUT2D eigenvalue weighted by Gasteiger charge is -2.26. The molecule has 0 spiro atoms. The van der Waals surface area contributed by atoms with Crippen molar-refractivity contribution >= 4 is 11.8 Å². The summed E-state index contributed by atoms with van der Waals surface area (Å²) in [7, 11) is 0. The lowest BCUT2D eigenvalue weighted by atomic mass is 10.1. The molecule has 2 amide bonds. The van der Waals surface area contributed by atoms with Crippen LogP contribution in [0.2, 0.25) is 0 Å². The number of carbonyl (C=O) groups excluding carboxylic acids is 2. The largest absolute Gasteiger partial charge is 0.350 e. The van der Waals surface area contributed by atoms with E-state index < -0.39 is 17.7 Å². The van der Waals surface area contributed by atoms with Crippen molar-refractivity contribution in [2.45, 2.75) is 44.3 Å². The minimum absolute atomic E-state index is 0.0227. The summed E-state index contributed by atoms with van der Waals surface area (Å²) >= 11 is 0. The molecule has 2 fully saturated rings. The number of amides is 2. The third kappa shape index (κ3) is 3.56. The Bertz CT molecular complexity index is 632. The van der Waals surface area contributed by atoms with Gasteiger partial charge in [-0.2, -0.15) is 0 Å². The fraction of sp³-hybridized carbons (Fsp3) is 0.529. The van der Waals surface area contributed by atoms with Crippen LogP contribution in [0.5, 0.6) is 0 Å². The first-order valence-electron chi connectivity index (χ1n) is 8.32. The van der Waals surface area contributed by atoms with Gasteiger partial charge in [-0.1, -0.05) is 6.07 Å². The van der Waals surface area contributed by atoms with E-state index in [2.05, 4.69) is 10.6 Å². The lowest BCUT2D eigenvalue weighted by Crippen LogP contribution is -2.51. The van der Waals surface area contributed by atoms with Crippen molar-refractivity contribution in [3.63, 3.8) is 0 Å². The topological polar surface area (TPSA) is 61.4 Å². The van der Waals surface area contributed by atoms with Gasteiger partial charge < -0.3 is 15.5 Å². The van der Waals surface area contributed by atoms with Crippen LogP contribution in [-0.2, 0) is 16.1 Å². The normalized spacial score (nSPS) is 23.5. The van der Waals surface area contributed by atoms with Crippen LogP contribution in [-0.4, -0.2) is 41.9 Å². The summed E-state index contributed by atoms with van der Waals surface area (Å²) in [5, 5.41) is 5.82. The van der Waals surface area contributed by atoms with E-state index in [1.54, 1.807) is 4.90 Å². The van der Waals surface area contributed by atoms with Crippen LogP contribution in [0.25, 0.3) is 0 Å². The number of likely N-dealkylation sites (tertiary alicyclic amines) is 1. The van der Waals surface area contributed by atoms with E-state index in [1.165, 1.54) is 6.07 Å². The van der Waals surface area contributed by atoms with Crippen LogP contribution in [0.1, 0.15) is 31.2 Å². The molecule has 0 aliphatic carbocycles. The van der Waals surface area contributed by atoms with Gasteiger partial charge in [0.2, 0.25) is 11.8 Å². The van der Waals surface area contributed by atoms with Gasteiger partial charge in [-0.25, -0.2) is 8.78 Å². The molecule has 130 valence electrons. The molecular weight excluding hydrogens is 316 g/mol. The molecule has 24 heavy (non-hydrogen) atoms. The first-order valence-corrected chi connectivity index (χ1v) is 8.32. The minimum Gasteiger partial charge on any atom is -0.350 e. The molecule has 1 aromatic carbocycles. The number of nitrogens with zero attached hydrogens (tertiary/aromatic N) is 1. The van der Waals surface area contributed by atoms with Gasteiger partial charge in [-0.15, -0.1) is 0 Å². The molecule has 0 bridgehead atoms. The van der Waals surface area contributed by atoms with E-state index in [0.717, 1.165) is 37.9 Å². The average Bonchev–Trinajstić information content (AvgIpc) is 3.24. The Balaban J connectivity index is 1.60. The average molecular weight is 337 g/mol. The highest BCUT2D eigenvalue weighted by Crippen LogP contribution is 2.21. The molecule has 5 nitrogen and oxygen atoms in total. The Morgan fingerprint density at radius 3 is 2.79 bits per heavy atom. The maximum Gasteiger partial charge on any atom is 0.243 e. The quantitative estimate of drug-likeness (QED) is 0.871. The maximum atomic E-state index is 13.6. The molecule has 3 rings (SSSR count). The predicted octanol–water partition coefficient (Wildman–Crippen LogP) is 1.32. The zero-order chi connectivity index (χ0) is 17.1. The van der Waals surface area contributed by atoms with Crippen LogP contribution < -0.4 is 10.6 Å². The van der Waals surface area contributed by atoms with E-state index in [-0.39, 0.29) is 30.0 Å². The fourth-order valence-electron chi connectivity index (χ4n) is 3.36. The molecule has 2 aliphatic heterocycles. The number of halogens is 2. The van der Waals surface area contributed by atoms with Crippen LogP contribution in [0.15, 0.2) is 18.2 Å². The van der Waals surface area contributed by atoms with Crippen molar-refractivity contribution < 1.29 is 18.4 Å². The van der Waals surface area contributed by atoms with Gasteiger partial charge in [0.1, 0.15) is 17.7 Å². The Morgan fingerprint density at radius 1 is 1.25 bits per heavy atom. The summed E-state index contributed by atoms with van der Waals surface area (Å²) < 4.78 is 26.5. The molecule has 2 N–H and O–H groups in total. The van der Waals surface area contributed by atoms with Crippen molar-refractivity contribution in [2.24, 2.45) is 0 Å². The van der Waals surface area contributed by atoms with Crippen molar-refractivity contribution in [2.75, 3.05) is 13.1 Å². The number of hydrogen-bond acceptors (Lipinski definition) is 3. The summed E-state index contributed by atoms with van der Waals surface area (Å²) in [4.78, 5) is 26.5. The van der Waals surface area contributed by atoms with Gasteiger partial charge >= 0.3 is 0 Å². The third-order valence-electron chi connectivity index (χ3n) is 4.67. The molecule has 0 radical (unpaired) electrons. The second-order valence-corrected chi connectivity index (χ2v) is 6.29. The SMILES string of the molecule is O=C(NCc1ccc(F)cc1F)[C@@H]1CCCN1C(=O)[C@@H]1CCCN1. The van der Waals surface area contributed by atoms with E-state index >= 15 is 0 Å². The van der Waals surface area contributed by atoms with E-state index in [0.29, 0.717) is 13.0 Å². The number of benzene rings is 1. The van der Waals surface area contributed by atoms with Gasteiger partial charge in [0.15, 0.2) is 0 Å². The van der Waals surface area contributed by atoms with Crippen LogP contribution in [0.3, 0.4) is 0 Å². The smallest absolute Gasteiger partial charge is 0.243 e. The Kier molecular flexibility index (Phi) is 5.08. The Labute approximate surface area is 139 Å². The second-order valence-electron chi connectivity index (χ2n) is 6.29. The van der Waals surface area contributed by atoms with Crippen molar-refractivity contribution in [1.29, 1.82) is 0 Å². The van der Waals surface area contributed by atoms with E-state index in [4.69, 9.17) is 0 Å². The van der Waals surface area contributed by atoms with Gasteiger partial charge in [0.25, 0.3) is 0 Å². The standard InChI is InChI=1S/C17H21F2N3O2/c18-12-6-5-11(13(19)9-12)10-21-16(23)15-4-2-8-22(15)17(24)14-3-1-7-20-14/h5-6,9,14-15,20H,1-4,7-8,10H2,(H,21,23)/t14-,15-/m0/s1. The molecule has 2 aliphatic rings. The summed E-state index contributed by atoms with van der Waals surface area (Å²) in [6.45, 7) is 1.37. The first-order chi connectivity index (χ1) is 11.6. The summed E-state index contributed by atoms with van der Waals surface area (Å²) in [5.41, 5.74) is 0.220. The molecule has 1 aromatic rings. The Morgan fingerprint density at radius 2 is 2.08 bits per heavy atom. The summed E-state index contributed by atoms with van der Waals surface area (Å²) in [5.74, 6) is -1.66. The first kappa shape index (κ1) is 16.8. The molecule has 0 saturated carbocycles. The molecule has 2 atom stereocenters. The highest BCUT2D eigenvalue weighted by Gasteiger charge is 2.37. The highest BCUT2D eigenvalue weighted by molar-refractivity contribution is 5.90. The summed E-state index contributed by atoms with van der Waals surface area (Å²) in [6.07, 6.45) is 3.15. The molecular formula is C17H21F2N3O2. The number of nitrogens with one attached hydrogen (secondary N) is 2. The van der Waals surface area contributed by atoms with Crippen molar-refractivity contribution in [3.05, 3.63) is 35.4 Å². The molecule has 2 saturated heterocycles. The van der Waals surface area contributed by atoms with Gasteiger partial charge in [0.05, 0.1) is 6.04 Å². The predicted molar refractivity (Wildman–Crippen MR) is 84.0 cm³/mol. The number of carbonyl (C=O) groups is 2. The third-order valence-corrected chi connectivity index (χ3v) is 4.67. The zero-order valence-corrected chi connectivity index (χ0v) is 13.4. The van der Waals surface area contributed by atoms with E-state index in [9.17, 15) is 18.4 Å². The second kappa shape index (κ2) is 7.25. The minimum atomic E-state index is -0.690. The molecule has 0 unspecified atom stereocenters. The van der Waals surface area contributed by atoms with Crippen molar-refractivity contribution in [1.82, 2.24) is 15.5 Å². The molecule has 2 heterocycles. The van der Waals surface area contributed by atoms with Crippen LogP contribution in [0, 0.1) is 11.6 Å². The highest BCUT2D eigenvalue weighted by atomic mass is 19.1. The Hall–Kier alpha value is -2.02. The molecule has 0 aromatic heterocycles. The van der Waals surface area contributed by atoms with Gasteiger partial charge in [0, 0.05) is 24.7 Å². The van der Waals surface area contributed by atoms with Crippen molar-refractivity contribution in [3.8, 4) is 0 Å². The number of rotatable bonds is 4. The number of hydrogen-bond donors (Lipinski definition) is 2. The zero-order valence-electron chi connectivity index (χ0n) is 13.4. The van der Waals surface area contributed by atoms with Gasteiger partial charge in [-0.05, 0) is 38.3 Å². The van der Waals surface area contributed by atoms with Crippen LogP contribution >= 0.6 is 0 Å². The lowest BCUT2D eigenvalue weighted by molar-refractivity contribution is -0.139. The summed E-state index contributed by atoms with van der Waals surface area (Å²) in [6, 6.07) is 2.54. The molecule has 7 heteroatoms. The monoisotopic (exact) mass is 337 g/mol. The van der Waals surface area contributed by atoms with Gasteiger partial charge in [-0.3, -0.25) is 9.59 Å².